The fourth-order valence-electron chi connectivity index (χ4n) is 5.63. The minimum atomic E-state index is -0.488. The molecule has 0 aliphatic carbocycles. The van der Waals surface area contributed by atoms with E-state index in [4.69, 9.17) is 26.1 Å². The number of thioether (sulfide) groups is 1. The van der Waals surface area contributed by atoms with E-state index in [1.54, 1.807) is 0 Å². The molecule has 0 saturated carbocycles. The Balaban J connectivity index is 1.01. The van der Waals surface area contributed by atoms with Crippen LogP contribution in [-0.4, -0.2) is 90.5 Å². The summed E-state index contributed by atoms with van der Waals surface area (Å²) in [6.07, 6.45) is 5.83. The predicted molar refractivity (Wildman–Crippen MR) is 167 cm³/mol. The van der Waals surface area contributed by atoms with Gasteiger partial charge in [0.25, 0.3) is 5.91 Å². The van der Waals surface area contributed by atoms with E-state index < -0.39 is 5.79 Å². The van der Waals surface area contributed by atoms with Gasteiger partial charge in [-0.2, -0.15) is 0 Å². The lowest BCUT2D eigenvalue weighted by atomic mass is 10.0. The molecule has 1 spiro atoms. The maximum Gasteiger partial charge on any atom is 0.253 e. The van der Waals surface area contributed by atoms with Crippen LogP contribution in [0.3, 0.4) is 0 Å². The third-order valence-corrected chi connectivity index (χ3v) is 9.11. The second kappa shape index (κ2) is 13.6. The Bertz CT molecular complexity index is 1380. The molecule has 0 atom stereocenters. The molecule has 0 unspecified atom stereocenters. The molecule has 3 fully saturated rings. The summed E-state index contributed by atoms with van der Waals surface area (Å²) in [5.41, 5.74) is 2.96. The monoisotopic (exact) mass is 605 g/mol. The number of piperidine rings is 1. The number of nitrogens with zero attached hydrogens (tertiary/aromatic N) is 5. The molecule has 0 bridgehead atoms. The molecule has 0 radical (unpaired) electrons. The van der Waals surface area contributed by atoms with Gasteiger partial charge < -0.3 is 19.3 Å². The van der Waals surface area contributed by atoms with Crippen LogP contribution in [0.5, 0.6) is 0 Å². The van der Waals surface area contributed by atoms with Crippen LogP contribution in [-0.2, 0) is 15.2 Å². The highest BCUT2D eigenvalue weighted by Gasteiger charge is 2.40. The number of hydrogen-bond donors (Lipinski definition) is 0. The van der Waals surface area contributed by atoms with E-state index in [2.05, 4.69) is 51.2 Å². The summed E-state index contributed by atoms with van der Waals surface area (Å²) in [7, 11) is 0. The number of ether oxygens (including phenoxy) is 2. The van der Waals surface area contributed by atoms with E-state index in [0.717, 1.165) is 44.1 Å². The summed E-state index contributed by atoms with van der Waals surface area (Å²) < 4.78 is 11.6. The van der Waals surface area contributed by atoms with Crippen LogP contribution in [0, 0.1) is 0 Å². The van der Waals surface area contributed by atoms with Gasteiger partial charge in [0.2, 0.25) is 0 Å². The SMILES string of the molecule is O=C(c1cccc(CSc2nc(Cl)cc(N3CCN(CC=Cc4ccccc4)CC3)n2)c1)N1CCC2(CC1)OCCO2. The Kier molecular flexibility index (Phi) is 9.41. The van der Waals surface area contributed by atoms with Crippen LogP contribution < -0.4 is 4.90 Å². The minimum Gasteiger partial charge on any atom is -0.354 e. The molecule has 2 aromatic carbocycles. The third kappa shape index (κ3) is 7.33. The molecule has 3 aromatic rings. The third-order valence-electron chi connectivity index (χ3n) is 8.00. The number of amides is 1. The number of anilines is 1. The smallest absolute Gasteiger partial charge is 0.253 e. The molecule has 1 aromatic heterocycles. The van der Waals surface area contributed by atoms with E-state index in [9.17, 15) is 4.79 Å². The average molecular weight is 606 g/mol. The summed E-state index contributed by atoms with van der Waals surface area (Å²) in [6, 6.07) is 20.1. The minimum absolute atomic E-state index is 0.0469. The summed E-state index contributed by atoms with van der Waals surface area (Å²) in [5.74, 6) is 1.07. The summed E-state index contributed by atoms with van der Waals surface area (Å²) in [6.45, 7) is 7.16. The van der Waals surface area contributed by atoms with Gasteiger partial charge in [0, 0.05) is 76.0 Å². The number of benzene rings is 2. The van der Waals surface area contributed by atoms with Gasteiger partial charge in [-0.3, -0.25) is 9.69 Å². The van der Waals surface area contributed by atoms with Gasteiger partial charge in [-0.15, -0.1) is 0 Å². The zero-order valence-corrected chi connectivity index (χ0v) is 25.2. The predicted octanol–water partition coefficient (Wildman–Crippen LogP) is 5.24. The van der Waals surface area contributed by atoms with Crippen molar-refractivity contribution in [2.24, 2.45) is 0 Å². The highest BCUT2D eigenvalue weighted by molar-refractivity contribution is 7.98. The van der Waals surface area contributed by atoms with Crippen molar-refractivity contribution in [3.63, 3.8) is 0 Å². The van der Waals surface area contributed by atoms with Crippen LogP contribution in [0.15, 0.2) is 71.9 Å². The second-order valence-electron chi connectivity index (χ2n) is 10.8. The summed E-state index contributed by atoms with van der Waals surface area (Å²) in [5, 5.41) is 1.08. The van der Waals surface area contributed by atoms with Gasteiger partial charge in [-0.1, -0.05) is 78.0 Å². The maximum atomic E-state index is 13.2. The summed E-state index contributed by atoms with van der Waals surface area (Å²) in [4.78, 5) is 29.1. The van der Waals surface area contributed by atoms with Crippen LogP contribution >= 0.6 is 23.4 Å². The number of likely N-dealkylation sites (tertiary alicyclic amines) is 1. The molecular formula is C32H36ClN5O3S. The first-order valence-electron chi connectivity index (χ1n) is 14.6. The van der Waals surface area contributed by atoms with Crippen LogP contribution in [0.4, 0.5) is 5.82 Å². The van der Waals surface area contributed by atoms with Crippen molar-refractivity contribution in [3.8, 4) is 0 Å². The van der Waals surface area contributed by atoms with Crippen molar-refractivity contribution < 1.29 is 14.3 Å². The van der Waals surface area contributed by atoms with Crippen LogP contribution in [0.2, 0.25) is 5.15 Å². The lowest BCUT2D eigenvalue weighted by molar-refractivity contribution is -0.181. The average Bonchev–Trinajstić information content (AvgIpc) is 3.48. The van der Waals surface area contributed by atoms with Crippen molar-refractivity contribution in [3.05, 3.63) is 88.6 Å². The lowest BCUT2D eigenvalue weighted by Gasteiger charge is -2.37. The molecule has 3 aliphatic rings. The Labute approximate surface area is 256 Å². The number of rotatable bonds is 8. The molecule has 10 heteroatoms. The molecule has 42 heavy (non-hydrogen) atoms. The number of carbonyl (C=O) groups excluding carboxylic acids is 1. The molecule has 6 rings (SSSR count). The largest absolute Gasteiger partial charge is 0.354 e. The van der Waals surface area contributed by atoms with E-state index in [-0.39, 0.29) is 5.91 Å². The van der Waals surface area contributed by atoms with Crippen LogP contribution in [0.25, 0.3) is 6.08 Å². The van der Waals surface area contributed by atoms with E-state index in [0.29, 0.717) is 60.8 Å². The zero-order chi connectivity index (χ0) is 28.8. The Hall–Kier alpha value is -2.95. The van der Waals surface area contributed by atoms with Gasteiger partial charge in [0.05, 0.1) is 13.2 Å². The van der Waals surface area contributed by atoms with E-state index in [1.807, 2.05) is 41.3 Å². The normalized spacial score (nSPS) is 19.2. The van der Waals surface area contributed by atoms with Crippen LogP contribution in [0.1, 0.15) is 34.3 Å². The van der Waals surface area contributed by atoms with Crippen molar-refractivity contribution in [1.82, 2.24) is 19.8 Å². The molecule has 220 valence electrons. The summed E-state index contributed by atoms with van der Waals surface area (Å²) >= 11 is 7.96. The van der Waals surface area contributed by atoms with Gasteiger partial charge >= 0.3 is 0 Å². The molecule has 1 amide bonds. The zero-order valence-electron chi connectivity index (χ0n) is 23.7. The number of aromatic nitrogens is 2. The van der Waals surface area contributed by atoms with Gasteiger partial charge in [0.1, 0.15) is 11.0 Å². The topological polar surface area (TPSA) is 71.0 Å². The highest BCUT2D eigenvalue weighted by atomic mass is 35.5. The quantitative estimate of drug-likeness (QED) is 0.196. The van der Waals surface area contributed by atoms with E-state index in [1.165, 1.54) is 17.3 Å². The molecule has 8 nitrogen and oxygen atoms in total. The number of piperazine rings is 1. The first-order valence-corrected chi connectivity index (χ1v) is 15.9. The van der Waals surface area contributed by atoms with Gasteiger partial charge in [-0.25, -0.2) is 9.97 Å². The second-order valence-corrected chi connectivity index (χ2v) is 12.2. The Morgan fingerprint density at radius 2 is 1.69 bits per heavy atom. The lowest BCUT2D eigenvalue weighted by Crippen LogP contribution is -2.47. The molecular weight excluding hydrogens is 570 g/mol. The molecule has 4 heterocycles. The highest BCUT2D eigenvalue weighted by Crippen LogP contribution is 2.32. The number of carbonyl (C=O) groups is 1. The fraction of sp³-hybridized carbons (Fsp3) is 0.406. The standard InChI is InChI=1S/C32H36ClN5O3S/c33-28-23-29(37-18-16-36(17-19-37)13-5-9-25-6-2-1-3-7-25)35-31(34-28)42-24-26-8-4-10-27(22-26)30(39)38-14-11-32(12-15-38)40-20-21-41-32/h1-10,22-23H,11-21,24H2. The number of hydrogen-bond acceptors (Lipinski definition) is 8. The van der Waals surface area contributed by atoms with Gasteiger partial charge in [-0.05, 0) is 23.3 Å². The molecule has 0 N–H and O–H groups in total. The Morgan fingerprint density at radius 3 is 2.45 bits per heavy atom. The molecule has 3 aliphatic heterocycles. The molecule has 3 saturated heterocycles. The van der Waals surface area contributed by atoms with Crippen molar-refractivity contribution in [1.29, 1.82) is 0 Å². The first-order chi connectivity index (χ1) is 20.6. The van der Waals surface area contributed by atoms with Gasteiger partial charge in [0.15, 0.2) is 10.9 Å². The first kappa shape index (κ1) is 29.1. The van der Waals surface area contributed by atoms with Crippen molar-refractivity contribution >= 4 is 41.2 Å². The fourth-order valence-corrected chi connectivity index (χ4v) is 6.66. The van der Waals surface area contributed by atoms with Crippen molar-refractivity contribution in [2.75, 3.05) is 63.9 Å². The number of halogens is 1. The van der Waals surface area contributed by atoms with Crippen molar-refractivity contribution in [2.45, 2.75) is 29.5 Å². The Morgan fingerprint density at radius 1 is 0.929 bits per heavy atom. The maximum absolute atomic E-state index is 13.2. The van der Waals surface area contributed by atoms with E-state index >= 15 is 0 Å².